The van der Waals surface area contributed by atoms with Crippen LogP contribution in [0.4, 0.5) is 0 Å². The van der Waals surface area contributed by atoms with Crippen LogP contribution < -0.4 is 16.6 Å². The molecule has 5 nitrogen and oxygen atoms in total. The Morgan fingerprint density at radius 2 is 2.45 bits per heavy atom. The molecule has 2 atom stereocenters. The number of hydrogen-bond acceptors (Lipinski definition) is 3. The maximum absolute atomic E-state index is 10.9. The summed E-state index contributed by atoms with van der Waals surface area (Å²) in [5.41, 5.74) is 1.99. The second-order valence-electron chi connectivity index (χ2n) is 2.71. The Morgan fingerprint density at radius 1 is 1.82 bits per heavy atom. The molecule has 4 N–H and O–H groups in total. The molecule has 0 aromatic rings. The lowest BCUT2D eigenvalue weighted by atomic mass is 10.1. The van der Waals surface area contributed by atoms with Crippen molar-refractivity contribution < 1.29 is 9.59 Å². The molecule has 1 saturated heterocycles. The van der Waals surface area contributed by atoms with Gasteiger partial charge in [0.1, 0.15) is 6.04 Å². The molecule has 2 amide bonds. The summed E-state index contributed by atoms with van der Waals surface area (Å²) in [6, 6.07) is -0.442. The summed E-state index contributed by atoms with van der Waals surface area (Å²) in [4.78, 5) is 21.7. The van der Waals surface area contributed by atoms with E-state index in [-0.39, 0.29) is 17.7 Å². The van der Waals surface area contributed by atoms with Gasteiger partial charge in [0.15, 0.2) is 0 Å². The topological polar surface area (TPSA) is 84.2 Å². The molecular formula is C6H11N3O2. The van der Waals surface area contributed by atoms with Crippen LogP contribution in [-0.4, -0.2) is 17.9 Å². The summed E-state index contributed by atoms with van der Waals surface area (Å²) in [6.07, 6.45) is 0.530. The molecule has 62 valence electrons. The van der Waals surface area contributed by atoms with Gasteiger partial charge in [0, 0.05) is 5.92 Å². The fourth-order valence-electron chi connectivity index (χ4n) is 1.11. The maximum atomic E-state index is 10.9. The zero-order chi connectivity index (χ0) is 8.43. The largest absolute Gasteiger partial charge is 0.344 e. The van der Waals surface area contributed by atoms with E-state index in [0.717, 1.165) is 0 Å². The van der Waals surface area contributed by atoms with E-state index < -0.39 is 6.04 Å². The molecule has 1 heterocycles. The monoisotopic (exact) mass is 157 g/mol. The molecule has 0 aromatic carbocycles. The summed E-state index contributed by atoms with van der Waals surface area (Å²) >= 11 is 0. The SMILES string of the molecule is CC1C[C@@H](C(=O)NN)NC1=O. The van der Waals surface area contributed by atoms with E-state index in [2.05, 4.69) is 5.32 Å². The molecule has 0 aliphatic carbocycles. The minimum Gasteiger partial charge on any atom is -0.344 e. The van der Waals surface area contributed by atoms with E-state index in [1.165, 1.54) is 0 Å². The zero-order valence-electron chi connectivity index (χ0n) is 6.26. The van der Waals surface area contributed by atoms with E-state index in [1.54, 1.807) is 6.92 Å². The first-order chi connectivity index (χ1) is 5.15. The van der Waals surface area contributed by atoms with Crippen molar-refractivity contribution in [1.82, 2.24) is 10.7 Å². The molecule has 5 heteroatoms. The van der Waals surface area contributed by atoms with Crippen molar-refractivity contribution in [3.63, 3.8) is 0 Å². The van der Waals surface area contributed by atoms with Gasteiger partial charge in [-0.05, 0) is 6.42 Å². The van der Waals surface area contributed by atoms with Crippen molar-refractivity contribution in [3.8, 4) is 0 Å². The van der Waals surface area contributed by atoms with Gasteiger partial charge in [-0.25, -0.2) is 5.84 Å². The maximum Gasteiger partial charge on any atom is 0.256 e. The number of nitrogens with two attached hydrogens (primary N) is 1. The van der Waals surface area contributed by atoms with Crippen molar-refractivity contribution in [2.45, 2.75) is 19.4 Å². The van der Waals surface area contributed by atoms with Crippen LogP contribution in [0.5, 0.6) is 0 Å². The second-order valence-corrected chi connectivity index (χ2v) is 2.71. The van der Waals surface area contributed by atoms with Gasteiger partial charge in [0.05, 0.1) is 0 Å². The molecule has 1 aliphatic heterocycles. The van der Waals surface area contributed by atoms with Crippen LogP contribution in [0.2, 0.25) is 0 Å². The normalized spacial score (nSPS) is 29.8. The summed E-state index contributed by atoms with van der Waals surface area (Å²) in [5.74, 6) is 4.39. The molecule has 1 aliphatic rings. The van der Waals surface area contributed by atoms with Gasteiger partial charge in [0.2, 0.25) is 5.91 Å². The van der Waals surface area contributed by atoms with E-state index in [1.807, 2.05) is 5.43 Å². The Labute approximate surface area is 64.3 Å². The average molecular weight is 157 g/mol. The molecular weight excluding hydrogens is 146 g/mol. The third kappa shape index (κ3) is 1.48. The first kappa shape index (κ1) is 8.00. The number of hydrazine groups is 1. The third-order valence-corrected chi connectivity index (χ3v) is 1.81. The number of hydrogen-bond donors (Lipinski definition) is 3. The van der Waals surface area contributed by atoms with Crippen LogP contribution in [0, 0.1) is 5.92 Å². The van der Waals surface area contributed by atoms with Crippen molar-refractivity contribution in [2.24, 2.45) is 11.8 Å². The number of carbonyl (C=O) groups is 2. The van der Waals surface area contributed by atoms with Crippen LogP contribution >= 0.6 is 0 Å². The van der Waals surface area contributed by atoms with Gasteiger partial charge in [-0.2, -0.15) is 0 Å². The number of nitrogens with one attached hydrogen (secondary N) is 2. The number of amides is 2. The smallest absolute Gasteiger partial charge is 0.256 e. The van der Waals surface area contributed by atoms with Gasteiger partial charge in [-0.1, -0.05) is 6.92 Å². The first-order valence-corrected chi connectivity index (χ1v) is 3.46. The highest BCUT2D eigenvalue weighted by Crippen LogP contribution is 2.13. The molecule has 0 bridgehead atoms. The number of rotatable bonds is 1. The molecule has 0 aromatic heterocycles. The number of carbonyl (C=O) groups excluding carboxylic acids is 2. The molecule has 11 heavy (non-hydrogen) atoms. The zero-order valence-corrected chi connectivity index (χ0v) is 6.26. The van der Waals surface area contributed by atoms with Crippen LogP contribution in [0.15, 0.2) is 0 Å². The van der Waals surface area contributed by atoms with E-state index in [0.29, 0.717) is 6.42 Å². The summed E-state index contributed by atoms with van der Waals surface area (Å²) in [6.45, 7) is 1.78. The molecule has 1 rings (SSSR count). The highest BCUT2D eigenvalue weighted by molar-refractivity contribution is 5.91. The minimum absolute atomic E-state index is 0.0846. The van der Waals surface area contributed by atoms with E-state index >= 15 is 0 Å². The van der Waals surface area contributed by atoms with Crippen LogP contribution in [0.3, 0.4) is 0 Å². The van der Waals surface area contributed by atoms with Gasteiger partial charge < -0.3 is 5.32 Å². The average Bonchev–Trinajstić information content (AvgIpc) is 2.31. The second kappa shape index (κ2) is 2.87. The van der Waals surface area contributed by atoms with Crippen molar-refractivity contribution >= 4 is 11.8 Å². The lowest BCUT2D eigenvalue weighted by molar-refractivity contribution is -0.126. The summed E-state index contributed by atoms with van der Waals surface area (Å²) < 4.78 is 0. The Kier molecular flexibility index (Phi) is 2.09. The van der Waals surface area contributed by atoms with Crippen molar-refractivity contribution in [2.75, 3.05) is 0 Å². The van der Waals surface area contributed by atoms with E-state index in [4.69, 9.17) is 5.84 Å². The van der Waals surface area contributed by atoms with Crippen LogP contribution in [0.25, 0.3) is 0 Å². The minimum atomic E-state index is -0.442. The third-order valence-electron chi connectivity index (χ3n) is 1.81. The summed E-state index contributed by atoms with van der Waals surface area (Å²) in [5, 5.41) is 2.52. The lowest BCUT2D eigenvalue weighted by Gasteiger charge is -2.05. The molecule has 0 spiro atoms. The molecule has 1 fully saturated rings. The molecule has 1 unspecified atom stereocenters. The van der Waals surface area contributed by atoms with E-state index in [9.17, 15) is 9.59 Å². The fourth-order valence-corrected chi connectivity index (χ4v) is 1.11. The Morgan fingerprint density at radius 3 is 2.82 bits per heavy atom. The Hall–Kier alpha value is -1.10. The predicted octanol–water partition coefficient (Wildman–Crippen LogP) is -1.50. The van der Waals surface area contributed by atoms with Gasteiger partial charge in [-0.3, -0.25) is 15.0 Å². The highest BCUT2D eigenvalue weighted by atomic mass is 16.2. The van der Waals surface area contributed by atoms with Crippen LogP contribution in [-0.2, 0) is 9.59 Å². The van der Waals surface area contributed by atoms with Gasteiger partial charge in [0.25, 0.3) is 5.91 Å². The quantitative estimate of drug-likeness (QED) is 0.246. The van der Waals surface area contributed by atoms with Crippen LogP contribution in [0.1, 0.15) is 13.3 Å². The Balaban J connectivity index is 2.53. The molecule has 0 saturated carbocycles. The standard InChI is InChI=1S/C6H11N3O2/c1-3-2-4(6(11)9-7)8-5(3)10/h3-4H,2,7H2,1H3,(H,8,10)(H,9,11)/t3?,4-/m0/s1. The Bertz CT molecular complexity index is 192. The van der Waals surface area contributed by atoms with Crippen molar-refractivity contribution in [3.05, 3.63) is 0 Å². The first-order valence-electron chi connectivity index (χ1n) is 3.46. The van der Waals surface area contributed by atoms with Crippen molar-refractivity contribution in [1.29, 1.82) is 0 Å². The summed E-state index contributed by atoms with van der Waals surface area (Å²) in [7, 11) is 0. The fraction of sp³-hybridized carbons (Fsp3) is 0.667. The predicted molar refractivity (Wildman–Crippen MR) is 38.0 cm³/mol. The lowest BCUT2D eigenvalue weighted by Crippen LogP contribution is -2.44. The van der Waals surface area contributed by atoms with Gasteiger partial charge in [-0.15, -0.1) is 0 Å². The van der Waals surface area contributed by atoms with Gasteiger partial charge >= 0.3 is 0 Å². The highest BCUT2D eigenvalue weighted by Gasteiger charge is 2.32. The molecule has 0 radical (unpaired) electrons.